The number of halogens is 1. The molecule has 0 fully saturated rings. The summed E-state index contributed by atoms with van der Waals surface area (Å²) in [5.74, 6) is 2.48. The first-order valence-corrected chi connectivity index (χ1v) is 5.64. The summed E-state index contributed by atoms with van der Waals surface area (Å²) in [5, 5.41) is 3.33. The van der Waals surface area contributed by atoms with Gasteiger partial charge in [0.1, 0.15) is 5.82 Å². The molecule has 0 saturated carbocycles. The van der Waals surface area contributed by atoms with Crippen LogP contribution in [0.15, 0.2) is 24.3 Å². The molecule has 1 unspecified atom stereocenters. The lowest BCUT2D eigenvalue weighted by Gasteiger charge is -2.13. The molecular weight excluding hydrogens is 201 g/mol. The van der Waals surface area contributed by atoms with Crippen LogP contribution in [-0.4, -0.2) is 12.6 Å². The van der Waals surface area contributed by atoms with Gasteiger partial charge in [0.2, 0.25) is 0 Å². The van der Waals surface area contributed by atoms with E-state index in [1.165, 1.54) is 6.07 Å². The van der Waals surface area contributed by atoms with Crippen molar-refractivity contribution in [3.63, 3.8) is 0 Å². The first-order chi connectivity index (χ1) is 7.74. The van der Waals surface area contributed by atoms with Crippen molar-refractivity contribution in [1.82, 2.24) is 5.32 Å². The molecule has 0 heterocycles. The minimum Gasteiger partial charge on any atom is -0.314 e. The Hall–Kier alpha value is -1.33. The Balaban J connectivity index is 2.32. The Labute approximate surface area is 97.1 Å². The van der Waals surface area contributed by atoms with Crippen LogP contribution in [0.4, 0.5) is 4.39 Å². The average Bonchev–Trinajstić information content (AvgIpc) is 2.28. The van der Waals surface area contributed by atoms with E-state index in [-0.39, 0.29) is 11.9 Å². The Morgan fingerprint density at radius 3 is 2.88 bits per heavy atom. The predicted molar refractivity (Wildman–Crippen MR) is 65.6 cm³/mol. The summed E-state index contributed by atoms with van der Waals surface area (Å²) in [5.41, 5.74) is 0.763. The molecule has 16 heavy (non-hydrogen) atoms. The minimum atomic E-state index is -0.125. The number of hydrogen-bond donors (Lipinski definition) is 1. The van der Waals surface area contributed by atoms with E-state index in [0.717, 1.165) is 24.9 Å². The number of benzene rings is 1. The van der Waals surface area contributed by atoms with Gasteiger partial charge in [-0.2, -0.15) is 0 Å². The Morgan fingerprint density at radius 1 is 1.44 bits per heavy atom. The molecule has 1 aromatic carbocycles. The third-order valence-electron chi connectivity index (χ3n) is 2.47. The molecule has 2 heteroatoms. The lowest BCUT2D eigenvalue weighted by Crippen LogP contribution is -2.29. The van der Waals surface area contributed by atoms with Gasteiger partial charge in [0.25, 0.3) is 0 Å². The lowest BCUT2D eigenvalue weighted by atomic mass is 10.1. The van der Waals surface area contributed by atoms with E-state index < -0.39 is 0 Å². The van der Waals surface area contributed by atoms with Crippen molar-refractivity contribution in [3.05, 3.63) is 35.6 Å². The van der Waals surface area contributed by atoms with Gasteiger partial charge in [-0.3, -0.25) is 0 Å². The highest BCUT2D eigenvalue weighted by atomic mass is 19.1. The van der Waals surface area contributed by atoms with Gasteiger partial charge in [-0.1, -0.05) is 18.2 Å². The zero-order valence-corrected chi connectivity index (χ0v) is 9.67. The van der Waals surface area contributed by atoms with Crippen LogP contribution in [0.25, 0.3) is 0 Å². The zero-order chi connectivity index (χ0) is 11.8. The van der Waals surface area contributed by atoms with Crippen molar-refractivity contribution in [2.24, 2.45) is 0 Å². The largest absolute Gasteiger partial charge is 0.314 e. The van der Waals surface area contributed by atoms with Crippen LogP contribution in [0, 0.1) is 18.2 Å². The molecule has 0 radical (unpaired) electrons. The van der Waals surface area contributed by atoms with Crippen LogP contribution in [0.3, 0.4) is 0 Å². The van der Waals surface area contributed by atoms with E-state index in [0.29, 0.717) is 6.42 Å². The van der Waals surface area contributed by atoms with Crippen LogP contribution in [-0.2, 0) is 6.42 Å². The lowest BCUT2D eigenvalue weighted by molar-refractivity contribution is 0.521. The van der Waals surface area contributed by atoms with E-state index in [9.17, 15) is 4.39 Å². The molecular formula is C14H18FN. The molecule has 0 aliphatic carbocycles. The molecule has 0 saturated heterocycles. The van der Waals surface area contributed by atoms with Crippen LogP contribution in [0.1, 0.15) is 25.3 Å². The molecule has 86 valence electrons. The Bertz CT molecular complexity index is 354. The fraction of sp³-hybridized carbons (Fsp3) is 0.429. The van der Waals surface area contributed by atoms with Crippen molar-refractivity contribution in [3.8, 4) is 12.3 Å². The Morgan fingerprint density at radius 2 is 2.19 bits per heavy atom. The van der Waals surface area contributed by atoms with Gasteiger partial charge in [0.05, 0.1) is 0 Å². The van der Waals surface area contributed by atoms with E-state index >= 15 is 0 Å². The summed E-state index contributed by atoms with van der Waals surface area (Å²) >= 11 is 0. The molecule has 0 bridgehead atoms. The maximum atomic E-state index is 13.3. The normalized spacial score (nSPS) is 12.1. The van der Waals surface area contributed by atoms with Gasteiger partial charge in [-0.15, -0.1) is 12.3 Å². The smallest absolute Gasteiger partial charge is 0.126 e. The summed E-state index contributed by atoms with van der Waals surface area (Å²) in [6, 6.07) is 7.18. The van der Waals surface area contributed by atoms with Crippen molar-refractivity contribution in [1.29, 1.82) is 0 Å². The van der Waals surface area contributed by atoms with E-state index in [2.05, 4.69) is 18.2 Å². The fourth-order valence-corrected chi connectivity index (χ4v) is 1.60. The first-order valence-electron chi connectivity index (χ1n) is 5.64. The summed E-state index contributed by atoms with van der Waals surface area (Å²) in [6.07, 6.45) is 7.63. The van der Waals surface area contributed by atoms with Gasteiger partial charge in [-0.25, -0.2) is 4.39 Å². The number of rotatable bonds is 6. The molecule has 1 atom stereocenters. The van der Waals surface area contributed by atoms with Crippen LogP contribution in [0.5, 0.6) is 0 Å². The summed E-state index contributed by atoms with van der Waals surface area (Å²) < 4.78 is 13.3. The van der Waals surface area contributed by atoms with Crippen LogP contribution in [0.2, 0.25) is 0 Å². The second-order valence-corrected chi connectivity index (χ2v) is 3.96. The molecule has 0 aliphatic rings. The topological polar surface area (TPSA) is 12.0 Å². The Kier molecular flexibility index (Phi) is 5.60. The van der Waals surface area contributed by atoms with E-state index in [1.807, 2.05) is 12.1 Å². The number of terminal acetylenes is 1. The van der Waals surface area contributed by atoms with Crippen molar-refractivity contribution in [2.45, 2.75) is 32.2 Å². The SMILES string of the molecule is C#CCCCNC(C)Cc1ccccc1F. The number of unbranched alkanes of at least 4 members (excludes halogenated alkanes) is 1. The van der Waals surface area contributed by atoms with Crippen molar-refractivity contribution >= 4 is 0 Å². The summed E-state index contributed by atoms with van der Waals surface area (Å²) in [6.45, 7) is 2.95. The van der Waals surface area contributed by atoms with Crippen LogP contribution >= 0.6 is 0 Å². The van der Waals surface area contributed by atoms with Crippen molar-refractivity contribution in [2.75, 3.05) is 6.54 Å². The van der Waals surface area contributed by atoms with Gasteiger partial charge in [0.15, 0.2) is 0 Å². The molecule has 0 amide bonds. The van der Waals surface area contributed by atoms with E-state index in [1.54, 1.807) is 6.07 Å². The third-order valence-corrected chi connectivity index (χ3v) is 2.47. The second-order valence-electron chi connectivity index (χ2n) is 3.96. The highest BCUT2D eigenvalue weighted by molar-refractivity contribution is 5.18. The second kappa shape index (κ2) is 7.03. The average molecular weight is 219 g/mol. The first kappa shape index (κ1) is 12.7. The molecule has 0 spiro atoms. The standard InChI is InChI=1S/C14H18FN/c1-3-4-7-10-16-12(2)11-13-8-5-6-9-14(13)15/h1,5-6,8-9,12,16H,4,7,10-11H2,2H3. The quantitative estimate of drug-likeness (QED) is 0.573. The maximum Gasteiger partial charge on any atom is 0.126 e. The molecule has 1 nitrogen and oxygen atoms in total. The highest BCUT2D eigenvalue weighted by Gasteiger charge is 2.06. The monoisotopic (exact) mass is 219 g/mol. The summed E-state index contributed by atoms with van der Waals surface area (Å²) in [4.78, 5) is 0. The summed E-state index contributed by atoms with van der Waals surface area (Å²) in [7, 11) is 0. The van der Waals surface area contributed by atoms with Gasteiger partial charge >= 0.3 is 0 Å². The minimum absolute atomic E-state index is 0.125. The molecule has 1 aromatic rings. The highest BCUT2D eigenvalue weighted by Crippen LogP contribution is 2.08. The number of hydrogen-bond acceptors (Lipinski definition) is 1. The van der Waals surface area contributed by atoms with Crippen molar-refractivity contribution < 1.29 is 4.39 Å². The number of nitrogens with one attached hydrogen (secondary N) is 1. The molecule has 0 aliphatic heterocycles. The third kappa shape index (κ3) is 4.46. The van der Waals surface area contributed by atoms with Gasteiger partial charge in [-0.05, 0) is 37.9 Å². The van der Waals surface area contributed by atoms with Crippen LogP contribution < -0.4 is 5.32 Å². The molecule has 1 N–H and O–H groups in total. The molecule has 0 aromatic heterocycles. The zero-order valence-electron chi connectivity index (χ0n) is 9.67. The van der Waals surface area contributed by atoms with E-state index in [4.69, 9.17) is 6.42 Å². The predicted octanol–water partition coefficient (Wildman–Crippen LogP) is 2.76. The molecule has 1 rings (SSSR count). The van der Waals surface area contributed by atoms with Gasteiger partial charge in [0, 0.05) is 12.5 Å². The fourth-order valence-electron chi connectivity index (χ4n) is 1.60. The maximum absolute atomic E-state index is 13.3. The van der Waals surface area contributed by atoms with Gasteiger partial charge < -0.3 is 5.32 Å².